The van der Waals surface area contributed by atoms with E-state index in [1.54, 1.807) is 62.6 Å². The van der Waals surface area contributed by atoms with Gasteiger partial charge in [-0.1, -0.05) is 30.3 Å². The summed E-state index contributed by atoms with van der Waals surface area (Å²) in [4.78, 5) is 12.8. The van der Waals surface area contributed by atoms with E-state index in [1.807, 2.05) is 12.1 Å². The molecule has 1 amide bonds. The van der Waals surface area contributed by atoms with Crippen LogP contribution >= 0.6 is 0 Å². The van der Waals surface area contributed by atoms with Gasteiger partial charge in [0.05, 0.1) is 24.3 Å². The van der Waals surface area contributed by atoms with Gasteiger partial charge in [0, 0.05) is 18.4 Å². The maximum absolute atomic E-state index is 13.0. The van der Waals surface area contributed by atoms with Crippen LogP contribution in [-0.4, -0.2) is 28.5 Å². The van der Waals surface area contributed by atoms with E-state index in [9.17, 15) is 13.2 Å². The standard InChI is InChI=1S/C23H24N2O5S/c1-16-11-12-18(23(26)24-19-8-6-7-17(13-19)15-29-2)14-22(16)31(27,28)25-20-9-4-5-10-21(20)30-3/h4-14,25H,15H2,1-3H3,(H,24,26). The summed E-state index contributed by atoms with van der Waals surface area (Å²) in [6.45, 7) is 2.10. The fourth-order valence-electron chi connectivity index (χ4n) is 3.07. The van der Waals surface area contributed by atoms with Crippen LogP contribution in [0, 0.1) is 6.92 Å². The number of sulfonamides is 1. The molecule has 162 valence electrons. The van der Waals surface area contributed by atoms with Crippen molar-refractivity contribution in [2.75, 3.05) is 24.3 Å². The minimum atomic E-state index is -3.95. The van der Waals surface area contributed by atoms with Crippen molar-refractivity contribution in [3.8, 4) is 5.75 Å². The Hall–Kier alpha value is -3.36. The van der Waals surface area contributed by atoms with Gasteiger partial charge in [-0.15, -0.1) is 0 Å². The van der Waals surface area contributed by atoms with Gasteiger partial charge in [-0.25, -0.2) is 8.42 Å². The maximum atomic E-state index is 13.0. The number of benzene rings is 3. The highest BCUT2D eigenvalue weighted by atomic mass is 32.2. The number of rotatable bonds is 8. The summed E-state index contributed by atoms with van der Waals surface area (Å²) in [5.41, 5.74) is 2.56. The average Bonchev–Trinajstić information content (AvgIpc) is 2.74. The molecule has 0 bridgehead atoms. The highest BCUT2D eigenvalue weighted by molar-refractivity contribution is 7.92. The summed E-state index contributed by atoms with van der Waals surface area (Å²) in [5, 5.41) is 2.79. The molecule has 0 aliphatic carbocycles. The largest absolute Gasteiger partial charge is 0.495 e. The van der Waals surface area contributed by atoms with Crippen molar-refractivity contribution in [1.29, 1.82) is 0 Å². The van der Waals surface area contributed by atoms with Gasteiger partial charge < -0.3 is 14.8 Å². The Kier molecular flexibility index (Phi) is 6.94. The van der Waals surface area contributed by atoms with E-state index < -0.39 is 15.9 Å². The van der Waals surface area contributed by atoms with Crippen LogP contribution in [0.2, 0.25) is 0 Å². The summed E-state index contributed by atoms with van der Waals surface area (Å²) < 4.78 is 38.9. The zero-order valence-electron chi connectivity index (χ0n) is 17.5. The molecule has 0 atom stereocenters. The fourth-order valence-corrected chi connectivity index (χ4v) is 4.41. The lowest BCUT2D eigenvalue weighted by molar-refractivity contribution is 0.102. The van der Waals surface area contributed by atoms with Gasteiger partial charge in [0.1, 0.15) is 5.75 Å². The molecule has 0 aliphatic heterocycles. The number of methoxy groups -OCH3 is 2. The molecule has 0 saturated carbocycles. The number of hydrogen-bond acceptors (Lipinski definition) is 5. The zero-order chi connectivity index (χ0) is 22.4. The molecule has 0 spiro atoms. The smallest absolute Gasteiger partial charge is 0.262 e. The Labute approximate surface area is 182 Å². The second-order valence-corrected chi connectivity index (χ2v) is 8.52. The average molecular weight is 441 g/mol. The zero-order valence-corrected chi connectivity index (χ0v) is 18.3. The van der Waals surface area contributed by atoms with Gasteiger partial charge >= 0.3 is 0 Å². The topological polar surface area (TPSA) is 93.7 Å². The van der Waals surface area contributed by atoms with E-state index in [0.29, 0.717) is 29.3 Å². The number of hydrogen-bond donors (Lipinski definition) is 2. The first-order chi connectivity index (χ1) is 14.8. The van der Waals surface area contributed by atoms with Crippen LogP contribution < -0.4 is 14.8 Å². The first-order valence-electron chi connectivity index (χ1n) is 9.50. The lowest BCUT2D eigenvalue weighted by Crippen LogP contribution is -2.17. The normalized spacial score (nSPS) is 11.1. The second kappa shape index (κ2) is 9.63. The molecule has 3 rings (SSSR count). The van der Waals surface area contributed by atoms with Gasteiger partial charge in [-0.2, -0.15) is 0 Å². The molecular weight excluding hydrogens is 416 g/mol. The molecule has 7 nitrogen and oxygen atoms in total. The number of aryl methyl sites for hydroxylation is 1. The lowest BCUT2D eigenvalue weighted by Gasteiger charge is -2.14. The Bertz CT molecular complexity index is 1190. The molecule has 3 aromatic carbocycles. The molecule has 0 aromatic heterocycles. The van der Waals surface area contributed by atoms with Crippen LogP contribution in [0.1, 0.15) is 21.5 Å². The summed E-state index contributed by atoms with van der Waals surface area (Å²) in [5.74, 6) is -0.0168. The first kappa shape index (κ1) is 22.3. The molecule has 3 aromatic rings. The maximum Gasteiger partial charge on any atom is 0.262 e. The van der Waals surface area contributed by atoms with Crippen LogP contribution in [0.25, 0.3) is 0 Å². The van der Waals surface area contributed by atoms with Crippen molar-refractivity contribution in [3.05, 3.63) is 83.4 Å². The van der Waals surface area contributed by atoms with Crippen molar-refractivity contribution in [2.24, 2.45) is 0 Å². The van der Waals surface area contributed by atoms with E-state index in [0.717, 1.165) is 5.56 Å². The van der Waals surface area contributed by atoms with Gasteiger partial charge in [-0.3, -0.25) is 9.52 Å². The molecular formula is C23H24N2O5S. The van der Waals surface area contributed by atoms with Crippen LogP contribution in [-0.2, 0) is 21.4 Å². The number of anilines is 2. The predicted molar refractivity (Wildman–Crippen MR) is 120 cm³/mol. The Balaban J connectivity index is 1.87. The molecule has 0 fully saturated rings. The van der Waals surface area contributed by atoms with Gasteiger partial charge in [0.15, 0.2) is 0 Å². The molecule has 2 N–H and O–H groups in total. The quantitative estimate of drug-likeness (QED) is 0.547. The van der Waals surface area contributed by atoms with Crippen molar-refractivity contribution in [1.82, 2.24) is 0 Å². The number of ether oxygens (including phenoxy) is 2. The van der Waals surface area contributed by atoms with Gasteiger partial charge in [-0.05, 0) is 54.4 Å². The van der Waals surface area contributed by atoms with Crippen molar-refractivity contribution < 1.29 is 22.7 Å². The molecule has 8 heteroatoms. The summed E-state index contributed by atoms with van der Waals surface area (Å²) in [6, 6.07) is 18.5. The third-order valence-corrected chi connectivity index (χ3v) is 6.09. The fraction of sp³-hybridized carbons (Fsp3) is 0.174. The van der Waals surface area contributed by atoms with Crippen molar-refractivity contribution in [3.63, 3.8) is 0 Å². The minimum absolute atomic E-state index is 0.0131. The summed E-state index contributed by atoms with van der Waals surface area (Å²) in [7, 11) is -0.887. The third kappa shape index (κ3) is 5.42. The number of carbonyl (C=O) groups excluding carboxylic acids is 1. The molecule has 31 heavy (non-hydrogen) atoms. The van der Waals surface area contributed by atoms with E-state index in [-0.39, 0.29) is 10.5 Å². The molecule has 0 radical (unpaired) electrons. The molecule has 0 heterocycles. The van der Waals surface area contributed by atoms with Crippen LogP contribution in [0.5, 0.6) is 5.75 Å². The molecule has 0 aliphatic rings. The first-order valence-corrected chi connectivity index (χ1v) is 11.0. The van der Waals surface area contributed by atoms with Crippen LogP contribution in [0.4, 0.5) is 11.4 Å². The van der Waals surface area contributed by atoms with Crippen LogP contribution in [0.3, 0.4) is 0 Å². The van der Waals surface area contributed by atoms with E-state index in [2.05, 4.69) is 10.0 Å². The summed E-state index contributed by atoms with van der Waals surface area (Å²) >= 11 is 0. The lowest BCUT2D eigenvalue weighted by atomic mass is 10.1. The highest BCUT2D eigenvalue weighted by Crippen LogP contribution is 2.27. The van der Waals surface area contributed by atoms with Gasteiger partial charge in [0.2, 0.25) is 0 Å². The monoisotopic (exact) mass is 440 g/mol. The Morgan fingerprint density at radius 1 is 0.968 bits per heavy atom. The Morgan fingerprint density at radius 2 is 1.74 bits per heavy atom. The van der Waals surface area contributed by atoms with Crippen molar-refractivity contribution >= 4 is 27.3 Å². The number of carbonyl (C=O) groups is 1. The van der Waals surface area contributed by atoms with E-state index in [1.165, 1.54) is 13.2 Å². The minimum Gasteiger partial charge on any atom is -0.495 e. The number of amides is 1. The highest BCUT2D eigenvalue weighted by Gasteiger charge is 2.21. The predicted octanol–water partition coefficient (Wildman–Crippen LogP) is 4.20. The van der Waals surface area contributed by atoms with Gasteiger partial charge in [0.25, 0.3) is 15.9 Å². The third-order valence-electron chi connectivity index (χ3n) is 4.59. The van der Waals surface area contributed by atoms with Crippen molar-refractivity contribution in [2.45, 2.75) is 18.4 Å². The second-order valence-electron chi connectivity index (χ2n) is 6.87. The SMILES string of the molecule is COCc1cccc(NC(=O)c2ccc(C)c(S(=O)(=O)Nc3ccccc3OC)c2)c1. The van der Waals surface area contributed by atoms with E-state index in [4.69, 9.17) is 9.47 Å². The molecule has 0 saturated heterocycles. The van der Waals surface area contributed by atoms with E-state index >= 15 is 0 Å². The Morgan fingerprint density at radius 3 is 2.48 bits per heavy atom. The molecule has 0 unspecified atom stereocenters. The number of nitrogens with one attached hydrogen (secondary N) is 2. The number of para-hydroxylation sites is 2. The summed E-state index contributed by atoms with van der Waals surface area (Å²) in [6.07, 6.45) is 0. The van der Waals surface area contributed by atoms with Crippen LogP contribution in [0.15, 0.2) is 71.6 Å².